The van der Waals surface area contributed by atoms with Crippen molar-refractivity contribution in [3.63, 3.8) is 0 Å². The van der Waals surface area contributed by atoms with E-state index in [0.29, 0.717) is 21.7 Å². The van der Waals surface area contributed by atoms with Crippen molar-refractivity contribution in [2.75, 3.05) is 0 Å². The fourth-order valence-electron chi connectivity index (χ4n) is 2.74. The zero-order chi connectivity index (χ0) is 16.8. The molecular weight excluding hydrogens is 334 g/mol. The first kappa shape index (κ1) is 16.1. The lowest BCUT2D eigenvalue weighted by Gasteiger charge is -2.09. The zero-order valence-corrected chi connectivity index (χ0v) is 14.3. The zero-order valence-electron chi connectivity index (χ0n) is 12.7. The average molecular weight is 350 g/mol. The highest BCUT2D eigenvalue weighted by Crippen LogP contribution is 2.29. The molecular formula is C17H16ClNO3S. The molecule has 1 aromatic heterocycles. The van der Waals surface area contributed by atoms with Gasteiger partial charge < -0.3 is 5.11 Å². The Morgan fingerprint density at radius 3 is 2.52 bits per heavy atom. The quantitative estimate of drug-likeness (QED) is 0.785. The fraction of sp³-hybridized carbons (Fsp3) is 0.176. The molecule has 3 aromatic rings. The minimum atomic E-state index is -3.76. The molecule has 0 aliphatic heterocycles. The van der Waals surface area contributed by atoms with Gasteiger partial charge >= 0.3 is 0 Å². The Balaban J connectivity index is 2.31. The van der Waals surface area contributed by atoms with Crippen LogP contribution in [0.4, 0.5) is 0 Å². The van der Waals surface area contributed by atoms with E-state index in [1.165, 1.54) is 16.2 Å². The lowest BCUT2D eigenvalue weighted by molar-refractivity contribution is 0.283. The normalized spacial score (nSPS) is 12.0. The molecule has 3 rings (SSSR count). The molecule has 0 saturated carbocycles. The van der Waals surface area contributed by atoms with Crippen LogP contribution in [0, 0.1) is 13.8 Å². The van der Waals surface area contributed by atoms with Crippen molar-refractivity contribution >= 4 is 32.5 Å². The van der Waals surface area contributed by atoms with Crippen molar-refractivity contribution in [1.82, 2.24) is 3.97 Å². The number of halogens is 1. The first-order chi connectivity index (χ1) is 10.9. The summed E-state index contributed by atoms with van der Waals surface area (Å²) in [5.74, 6) is 0. The SMILES string of the molecule is Cc1cc(S(=O)(=O)n2cc(CO)c3c(C)cccc32)ccc1Cl. The van der Waals surface area contributed by atoms with Crippen LogP contribution in [0.5, 0.6) is 0 Å². The molecule has 4 nitrogen and oxygen atoms in total. The number of hydrogen-bond acceptors (Lipinski definition) is 3. The predicted molar refractivity (Wildman–Crippen MR) is 91.4 cm³/mol. The highest BCUT2D eigenvalue weighted by atomic mass is 35.5. The predicted octanol–water partition coefficient (Wildman–Crippen LogP) is 3.64. The largest absolute Gasteiger partial charge is 0.392 e. The van der Waals surface area contributed by atoms with E-state index >= 15 is 0 Å². The van der Waals surface area contributed by atoms with Gasteiger partial charge in [0.25, 0.3) is 10.0 Å². The van der Waals surface area contributed by atoms with Crippen molar-refractivity contribution in [3.8, 4) is 0 Å². The Labute approximate surface area is 140 Å². The topological polar surface area (TPSA) is 59.3 Å². The minimum Gasteiger partial charge on any atom is -0.392 e. The molecule has 1 N–H and O–H groups in total. The molecule has 0 unspecified atom stereocenters. The molecule has 0 radical (unpaired) electrons. The number of aliphatic hydroxyl groups excluding tert-OH is 1. The molecule has 1 heterocycles. The average Bonchev–Trinajstić information content (AvgIpc) is 2.91. The molecule has 0 aliphatic rings. The molecule has 6 heteroatoms. The Hall–Kier alpha value is -1.82. The maximum Gasteiger partial charge on any atom is 0.268 e. The van der Waals surface area contributed by atoms with Gasteiger partial charge in [-0.25, -0.2) is 12.4 Å². The summed E-state index contributed by atoms with van der Waals surface area (Å²) in [5.41, 5.74) is 2.77. The molecule has 0 aliphatic carbocycles. The van der Waals surface area contributed by atoms with Crippen LogP contribution in [0.2, 0.25) is 5.02 Å². The van der Waals surface area contributed by atoms with Crippen LogP contribution in [-0.4, -0.2) is 17.5 Å². The van der Waals surface area contributed by atoms with Crippen LogP contribution in [-0.2, 0) is 16.6 Å². The third-order valence-corrected chi connectivity index (χ3v) is 6.03. The number of hydrogen-bond donors (Lipinski definition) is 1. The summed E-state index contributed by atoms with van der Waals surface area (Å²) in [7, 11) is -3.76. The first-order valence-corrected chi connectivity index (χ1v) is 8.90. The summed E-state index contributed by atoms with van der Waals surface area (Å²) in [4.78, 5) is 0.169. The van der Waals surface area contributed by atoms with Gasteiger partial charge in [-0.2, -0.15) is 0 Å². The minimum absolute atomic E-state index is 0.169. The summed E-state index contributed by atoms with van der Waals surface area (Å²) in [5, 5.41) is 10.9. The van der Waals surface area contributed by atoms with Crippen molar-refractivity contribution < 1.29 is 13.5 Å². The van der Waals surface area contributed by atoms with Gasteiger partial charge in [0, 0.05) is 22.2 Å². The van der Waals surface area contributed by atoms with E-state index in [2.05, 4.69) is 0 Å². The van der Waals surface area contributed by atoms with Crippen LogP contribution >= 0.6 is 11.6 Å². The van der Waals surface area contributed by atoms with Crippen molar-refractivity contribution in [2.24, 2.45) is 0 Å². The third kappa shape index (κ3) is 2.55. The number of rotatable bonds is 3. The molecule has 0 saturated heterocycles. The summed E-state index contributed by atoms with van der Waals surface area (Å²) in [6.07, 6.45) is 1.48. The summed E-state index contributed by atoms with van der Waals surface area (Å²) >= 11 is 5.98. The van der Waals surface area contributed by atoms with Crippen molar-refractivity contribution in [3.05, 3.63) is 64.3 Å². The number of aryl methyl sites for hydroxylation is 2. The van der Waals surface area contributed by atoms with E-state index in [1.54, 1.807) is 31.2 Å². The number of benzene rings is 2. The molecule has 0 fully saturated rings. The van der Waals surface area contributed by atoms with Gasteiger partial charge in [0.05, 0.1) is 17.0 Å². The Morgan fingerprint density at radius 1 is 1.13 bits per heavy atom. The van der Waals surface area contributed by atoms with Crippen LogP contribution in [0.3, 0.4) is 0 Å². The maximum absolute atomic E-state index is 13.0. The molecule has 0 bridgehead atoms. The van der Waals surface area contributed by atoms with Crippen LogP contribution in [0.25, 0.3) is 10.9 Å². The van der Waals surface area contributed by atoms with Gasteiger partial charge in [-0.3, -0.25) is 0 Å². The van der Waals surface area contributed by atoms with Crippen molar-refractivity contribution in [1.29, 1.82) is 0 Å². The maximum atomic E-state index is 13.0. The monoisotopic (exact) mass is 349 g/mol. The van der Waals surface area contributed by atoms with Crippen molar-refractivity contribution in [2.45, 2.75) is 25.3 Å². The summed E-state index contributed by atoms with van der Waals surface area (Å²) < 4.78 is 27.2. The first-order valence-electron chi connectivity index (χ1n) is 7.08. The van der Waals surface area contributed by atoms with Gasteiger partial charge in [-0.15, -0.1) is 0 Å². The molecule has 0 amide bonds. The smallest absolute Gasteiger partial charge is 0.268 e. The second-order valence-corrected chi connectivity index (χ2v) is 7.72. The van der Waals surface area contributed by atoms with E-state index in [9.17, 15) is 13.5 Å². The molecule has 2 aromatic carbocycles. The van der Waals surface area contributed by atoms with E-state index in [0.717, 1.165) is 10.9 Å². The lowest BCUT2D eigenvalue weighted by atomic mass is 10.1. The highest BCUT2D eigenvalue weighted by Gasteiger charge is 2.22. The Kier molecular flexibility index (Phi) is 3.96. The lowest BCUT2D eigenvalue weighted by Crippen LogP contribution is -2.12. The van der Waals surface area contributed by atoms with Gasteiger partial charge in [0.15, 0.2) is 0 Å². The van der Waals surface area contributed by atoms with Crippen LogP contribution in [0.15, 0.2) is 47.5 Å². The third-order valence-electron chi connectivity index (χ3n) is 3.94. The number of aliphatic hydroxyl groups is 1. The second-order valence-electron chi connectivity index (χ2n) is 5.49. The summed E-state index contributed by atoms with van der Waals surface area (Å²) in [6.45, 7) is 3.44. The standard InChI is InChI=1S/C17H16ClNO3S/c1-11-4-3-5-16-17(11)13(10-20)9-19(16)23(21,22)14-6-7-15(18)12(2)8-14/h3-9,20H,10H2,1-2H3. The number of aromatic nitrogens is 1. The molecule has 0 spiro atoms. The number of nitrogens with zero attached hydrogens (tertiary/aromatic N) is 1. The van der Waals surface area contributed by atoms with Gasteiger partial charge in [0.1, 0.15) is 0 Å². The van der Waals surface area contributed by atoms with Gasteiger partial charge in [0.2, 0.25) is 0 Å². The molecule has 120 valence electrons. The van der Waals surface area contributed by atoms with Crippen LogP contribution < -0.4 is 0 Å². The van der Waals surface area contributed by atoms with E-state index in [-0.39, 0.29) is 11.5 Å². The van der Waals surface area contributed by atoms with E-state index in [1.807, 2.05) is 13.0 Å². The van der Waals surface area contributed by atoms with Gasteiger partial charge in [-0.05, 0) is 49.2 Å². The van der Waals surface area contributed by atoms with E-state index in [4.69, 9.17) is 11.6 Å². The Morgan fingerprint density at radius 2 is 1.87 bits per heavy atom. The number of fused-ring (bicyclic) bond motifs is 1. The second kappa shape index (κ2) is 5.67. The van der Waals surface area contributed by atoms with Crippen LogP contribution in [0.1, 0.15) is 16.7 Å². The van der Waals surface area contributed by atoms with Gasteiger partial charge in [-0.1, -0.05) is 23.7 Å². The highest BCUT2D eigenvalue weighted by molar-refractivity contribution is 7.90. The summed E-state index contributed by atoms with van der Waals surface area (Å²) in [6, 6.07) is 10.1. The Bertz CT molecular complexity index is 1010. The fourth-order valence-corrected chi connectivity index (χ4v) is 4.33. The van der Waals surface area contributed by atoms with E-state index < -0.39 is 10.0 Å². The molecule has 23 heavy (non-hydrogen) atoms. The molecule has 0 atom stereocenters.